The van der Waals surface area contributed by atoms with Crippen LogP contribution in [0.5, 0.6) is 5.75 Å². The number of ether oxygens (including phenoxy) is 1. The quantitative estimate of drug-likeness (QED) is 0.621. The molecule has 0 radical (unpaired) electrons. The van der Waals surface area contributed by atoms with Crippen LogP contribution < -0.4 is 39.2 Å². The van der Waals surface area contributed by atoms with Crippen LogP contribution >= 0.6 is 0 Å². The minimum atomic E-state index is -3.80. The van der Waals surface area contributed by atoms with E-state index in [0.29, 0.717) is 13.2 Å². The maximum Gasteiger partial charge on any atom is 1.00 e. The van der Waals surface area contributed by atoms with E-state index >= 15 is 0 Å². The summed E-state index contributed by atoms with van der Waals surface area (Å²) in [5.41, 5.74) is 2.09. The minimum Gasteiger partial charge on any atom is -0.748 e. The smallest absolute Gasteiger partial charge is 0.748 e. The molecular weight excluding hydrogens is 309 g/mol. The molecule has 0 spiro atoms. The van der Waals surface area contributed by atoms with Crippen molar-refractivity contribution in [3.05, 3.63) is 23.8 Å². The van der Waals surface area contributed by atoms with E-state index in [1.165, 1.54) is 0 Å². The van der Waals surface area contributed by atoms with Gasteiger partial charge >= 0.3 is 29.6 Å². The zero-order valence-corrected chi connectivity index (χ0v) is 15.5. The maximum atomic E-state index is 10.8. The molecule has 106 valence electrons. The summed E-state index contributed by atoms with van der Waals surface area (Å²) in [4.78, 5) is 2.08. The van der Waals surface area contributed by atoms with Crippen molar-refractivity contribution in [3.63, 3.8) is 0 Å². The van der Waals surface area contributed by atoms with Crippen LogP contribution in [0.15, 0.2) is 18.2 Å². The number of hydrogen-bond acceptors (Lipinski definition) is 6. The first-order valence-corrected chi connectivity index (χ1v) is 8.30. The summed E-state index contributed by atoms with van der Waals surface area (Å²) < 4.78 is 31.9. The van der Waals surface area contributed by atoms with Crippen molar-refractivity contribution in [2.24, 2.45) is 0 Å². The van der Waals surface area contributed by atoms with Crippen LogP contribution in [0.3, 0.4) is 0 Å². The Hall–Kier alpha value is 0.110. The van der Waals surface area contributed by atoms with Gasteiger partial charge in [-0.25, -0.2) is 4.21 Å². The summed E-state index contributed by atoms with van der Waals surface area (Å²) in [6.45, 7) is 5.09. The third kappa shape index (κ3) is 4.84. The Morgan fingerprint density at radius 2 is 2.30 bits per heavy atom. The molecule has 2 atom stereocenters. The summed E-state index contributed by atoms with van der Waals surface area (Å²) in [7, 11) is -3.80. The Labute approximate surface area is 146 Å². The predicted molar refractivity (Wildman–Crippen MR) is 75.7 cm³/mol. The van der Waals surface area contributed by atoms with E-state index in [1.54, 1.807) is 0 Å². The monoisotopic (exact) mass is 325 g/mol. The molecule has 0 bridgehead atoms. The van der Waals surface area contributed by atoms with Crippen LogP contribution in [0.25, 0.3) is 0 Å². The third-order valence-electron chi connectivity index (χ3n) is 3.00. The van der Waals surface area contributed by atoms with Crippen molar-refractivity contribution in [1.29, 1.82) is 0 Å². The number of rotatable bonds is 4. The molecule has 1 unspecified atom stereocenters. The number of nitrogens with zero attached hydrogens (tertiary/aromatic N) is 1. The van der Waals surface area contributed by atoms with Crippen molar-refractivity contribution >= 4 is 25.9 Å². The standard InChI is InChI=1S/C12H17NO4S2.Na/c1-9-3-4-12-11(7-9)13(10(2)8-16-12)5-6-17-19(14,15)18;/h3-4,7,10H,5-6,8H2,1-2H3,(H,14,15,18);/q;+1/p-1/t10-;/m0./s1. The second kappa shape index (κ2) is 7.40. The fraction of sp³-hybridized carbons (Fsp3) is 0.500. The molecule has 0 aliphatic carbocycles. The van der Waals surface area contributed by atoms with Gasteiger partial charge in [0.15, 0.2) is 0 Å². The van der Waals surface area contributed by atoms with Gasteiger partial charge in [-0.05, 0) is 42.7 Å². The Bertz CT molecular complexity index is 565. The molecule has 0 N–H and O–H groups in total. The first kappa shape index (κ1) is 18.2. The van der Waals surface area contributed by atoms with E-state index in [2.05, 4.69) is 20.3 Å². The van der Waals surface area contributed by atoms with E-state index in [1.807, 2.05) is 32.0 Å². The molecule has 1 aliphatic heterocycles. The summed E-state index contributed by atoms with van der Waals surface area (Å²) in [6.07, 6.45) is 0. The number of hydrogen-bond donors (Lipinski definition) is 0. The first-order valence-electron chi connectivity index (χ1n) is 5.97. The van der Waals surface area contributed by atoms with E-state index in [4.69, 9.17) is 4.74 Å². The topological polar surface area (TPSA) is 61.8 Å². The normalized spacial score (nSPS) is 20.4. The van der Waals surface area contributed by atoms with Crippen molar-refractivity contribution in [1.82, 2.24) is 0 Å². The third-order valence-corrected chi connectivity index (χ3v) is 3.74. The van der Waals surface area contributed by atoms with Gasteiger partial charge in [0.25, 0.3) is 0 Å². The first-order chi connectivity index (χ1) is 8.87. The van der Waals surface area contributed by atoms with Gasteiger partial charge in [0.05, 0.1) is 27.4 Å². The molecule has 0 saturated heterocycles. The van der Waals surface area contributed by atoms with Crippen LogP contribution in [0, 0.1) is 6.92 Å². The number of anilines is 1. The molecule has 1 aromatic carbocycles. The van der Waals surface area contributed by atoms with E-state index in [9.17, 15) is 8.76 Å². The van der Waals surface area contributed by atoms with Crippen molar-refractivity contribution in [3.8, 4) is 5.75 Å². The molecule has 1 aromatic rings. The van der Waals surface area contributed by atoms with Gasteiger partial charge in [-0.15, -0.1) is 0 Å². The number of fused-ring (bicyclic) bond motifs is 1. The fourth-order valence-electron chi connectivity index (χ4n) is 2.09. The molecule has 0 fully saturated rings. The number of aryl methyl sites for hydroxylation is 1. The zero-order valence-electron chi connectivity index (χ0n) is 11.8. The average molecular weight is 325 g/mol. The Kier molecular flexibility index (Phi) is 6.72. The van der Waals surface area contributed by atoms with Crippen molar-refractivity contribution < 1.29 is 47.2 Å². The zero-order chi connectivity index (χ0) is 14.0. The van der Waals surface area contributed by atoms with Gasteiger partial charge in [-0.2, -0.15) is 0 Å². The van der Waals surface area contributed by atoms with Crippen LogP contribution in [-0.2, 0) is 24.4 Å². The largest absolute Gasteiger partial charge is 1.00 e. The Balaban J connectivity index is 0.00000200. The molecule has 1 aliphatic rings. The van der Waals surface area contributed by atoms with Gasteiger partial charge < -0.3 is 14.2 Å². The van der Waals surface area contributed by atoms with Gasteiger partial charge in [-0.3, -0.25) is 4.18 Å². The fourth-order valence-corrected chi connectivity index (χ4v) is 2.57. The van der Waals surface area contributed by atoms with Crippen LogP contribution in [0.4, 0.5) is 5.69 Å². The van der Waals surface area contributed by atoms with Crippen LogP contribution in [0.1, 0.15) is 12.5 Å². The van der Waals surface area contributed by atoms with E-state index < -0.39 is 9.05 Å². The van der Waals surface area contributed by atoms with Gasteiger partial charge in [0, 0.05) is 6.54 Å². The molecule has 20 heavy (non-hydrogen) atoms. The average Bonchev–Trinajstić information content (AvgIpc) is 2.30. The summed E-state index contributed by atoms with van der Waals surface area (Å²) in [5.74, 6) is 0.810. The second-order valence-corrected chi connectivity index (χ2v) is 6.83. The van der Waals surface area contributed by atoms with E-state index in [0.717, 1.165) is 17.0 Å². The minimum absolute atomic E-state index is 0. The number of benzene rings is 1. The Morgan fingerprint density at radius 1 is 1.60 bits per heavy atom. The van der Waals surface area contributed by atoms with Gasteiger partial charge in [0.2, 0.25) is 0 Å². The van der Waals surface area contributed by atoms with Crippen molar-refractivity contribution in [2.45, 2.75) is 19.9 Å². The van der Waals surface area contributed by atoms with Crippen LogP contribution in [0.2, 0.25) is 0 Å². The molecule has 1 heterocycles. The SMILES string of the molecule is Cc1ccc2c(c1)N(CCOS(=O)([O-])=S)[C@@H](C)CO2.[Na+]. The predicted octanol–water partition coefficient (Wildman–Crippen LogP) is -1.61. The maximum absolute atomic E-state index is 10.8. The molecule has 5 nitrogen and oxygen atoms in total. The van der Waals surface area contributed by atoms with Gasteiger partial charge in [-0.1, -0.05) is 6.07 Å². The molecule has 2 rings (SSSR count). The molecule has 0 amide bonds. The molecule has 8 heteroatoms. The Morgan fingerprint density at radius 3 is 2.95 bits per heavy atom. The van der Waals surface area contributed by atoms with Gasteiger partial charge in [0.1, 0.15) is 12.4 Å². The molecule has 0 aromatic heterocycles. The van der Waals surface area contributed by atoms with Crippen molar-refractivity contribution in [2.75, 3.05) is 24.7 Å². The summed E-state index contributed by atoms with van der Waals surface area (Å²) in [6, 6.07) is 6.09. The summed E-state index contributed by atoms with van der Waals surface area (Å²) in [5, 5.41) is 0. The molecular formula is C12H16NNaO4S2. The van der Waals surface area contributed by atoms with E-state index in [-0.39, 0.29) is 42.2 Å². The van der Waals surface area contributed by atoms with Crippen LogP contribution in [-0.4, -0.2) is 34.6 Å². The summed E-state index contributed by atoms with van der Waals surface area (Å²) >= 11 is 4.19. The second-order valence-electron chi connectivity index (χ2n) is 4.55. The molecule has 0 saturated carbocycles.